The van der Waals surface area contributed by atoms with Gasteiger partial charge in [0.2, 0.25) is 5.91 Å². The van der Waals surface area contributed by atoms with Crippen molar-refractivity contribution in [1.29, 1.82) is 0 Å². The number of fused-ring (bicyclic) bond motifs is 1. The van der Waals surface area contributed by atoms with Crippen LogP contribution in [0.3, 0.4) is 0 Å². The number of benzene rings is 1. The smallest absolute Gasteiger partial charge is 0.222 e. The molecule has 2 fully saturated rings. The summed E-state index contributed by atoms with van der Waals surface area (Å²) in [5.41, 5.74) is 0.285. The van der Waals surface area contributed by atoms with E-state index >= 15 is 0 Å². The quantitative estimate of drug-likeness (QED) is 0.904. The van der Waals surface area contributed by atoms with Gasteiger partial charge in [0.05, 0.1) is 19.3 Å². The van der Waals surface area contributed by atoms with Crippen molar-refractivity contribution in [3.8, 4) is 0 Å². The van der Waals surface area contributed by atoms with Crippen LogP contribution in [0.1, 0.15) is 26.3 Å². The molecule has 126 valence electrons. The van der Waals surface area contributed by atoms with Gasteiger partial charge in [0.15, 0.2) is 6.29 Å². The molecule has 0 aliphatic carbocycles. The van der Waals surface area contributed by atoms with Crippen LogP contribution in [-0.4, -0.2) is 52.8 Å². The Bertz CT molecular complexity index is 561. The number of aliphatic hydroxyl groups is 1. The summed E-state index contributed by atoms with van der Waals surface area (Å²) in [5, 5.41) is 9.61. The molecule has 2 unspecified atom stereocenters. The molecule has 2 aliphatic rings. The third-order valence-corrected chi connectivity index (χ3v) is 4.37. The zero-order valence-electron chi connectivity index (χ0n) is 13.6. The molecule has 0 aromatic heterocycles. The summed E-state index contributed by atoms with van der Waals surface area (Å²) in [5.74, 6) is -0.103. The number of amides is 1. The number of carbonyl (C=O) groups is 1. The van der Waals surface area contributed by atoms with Gasteiger partial charge >= 0.3 is 0 Å². The first-order chi connectivity index (χ1) is 10.9. The second-order valence-corrected chi connectivity index (χ2v) is 6.43. The minimum absolute atomic E-state index is 0.103. The summed E-state index contributed by atoms with van der Waals surface area (Å²) in [6.45, 7) is 5.39. The first kappa shape index (κ1) is 16.4. The van der Waals surface area contributed by atoms with Gasteiger partial charge in [-0.2, -0.15) is 0 Å². The molecule has 0 bridgehead atoms. The van der Waals surface area contributed by atoms with Gasteiger partial charge in [0.1, 0.15) is 17.9 Å². The summed E-state index contributed by atoms with van der Waals surface area (Å²) >= 11 is 0. The monoisotopic (exact) mass is 321 g/mol. The second-order valence-electron chi connectivity index (χ2n) is 6.43. The van der Waals surface area contributed by atoms with Crippen LogP contribution in [0.5, 0.6) is 0 Å². The first-order valence-corrected chi connectivity index (χ1v) is 7.83. The van der Waals surface area contributed by atoms with Crippen molar-refractivity contribution in [3.63, 3.8) is 0 Å². The third-order valence-electron chi connectivity index (χ3n) is 4.37. The molecule has 1 amide bonds. The molecule has 23 heavy (non-hydrogen) atoms. The Hall–Kier alpha value is -1.47. The third kappa shape index (κ3) is 2.99. The predicted molar refractivity (Wildman–Crippen MR) is 82.2 cm³/mol. The fourth-order valence-corrected chi connectivity index (χ4v) is 3.52. The van der Waals surface area contributed by atoms with Gasteiger partial charge in [-0.3, -0.25) is 4.79 Å². The van der Waals surface area contributed by atoms with Crippen molar-refractivity contribution in [2.45, 2.75) is 57.6 Å². The van der Waals surface area contributed by atoms with Crippen molar-refractivity contribution < 1.29 is 24.1 Å². The van der Waals surface area contributed by atoms with Gasteiger partial charge in [0.25, 0.3) is 0 Å². The largest absolute Gasteiger partial charge is 0.394 e. The SMILES string of the molecule is CC(=O)N1C2[C@@H](OC1(C)C)C(OCc1ccccc1)O[C@@H]2CO. The Kier molecular flexibility index (Phi) is 4.42. The standard InChI is InChI=1S/C17H23NO5/c1-11(20)18-14-13(9-19)22-16(15(14)23-17(18,2)3)21-10-12-7-5-4-6-8-12/h4-8,13-16,19H,9-10H2,1-3H3/t13-,14?,15-,16?/m1/s1. The topological polar surface area (TPSA) is 68.2 Å². The summed E-state index contributed by atoms with van der Waals surface area (Å²) in [7, 11) is 0. The van der Waals surface area contributed by atoms with Crippen molar-refractivity contribution in [3.05, 3.63) is 35.9 Å². The molecule has 3 rings (SSSR count). The highest BCUT2D eigenvalue weighted by Gasteiger charge is 2.59. The number of aliphatic hydroxyl groups excluding tert-OH is 1. The number of carbonyl (C=O) groups excluding carboxylic acids is 1. The van der Waals surface area contributed by atoms with Crippen LogP contribution in [0.25, 0.3) is 0 Å². The second kappa shape index (κ2) is 6.20. The number of hydrogen-bond acceptors (Lipinski definition) is 5. The van der Waals surface area contributed by atoms with Gasteiger partial charge in [-0.25, -0.2) is 0 Å². The van der Waals surface area contributed by atoms with E-state index in [1.54, 1.807) is 4.90 Å². The van der Waals surface area contributed by atoms with Gasteiger partial charge in [-0.1, -0.05) is 30.3 Å². The van der Waals surface area contributed by atoms with Crippen molar-refractivity contribution in [2.75, 3.05) is 6.61 Å². The lowest BCUT2D eigenvalue weighted by atomic mass is 10.1. The zero-order valence-corrected chi connectivity index (χ0v) is 13.6. The van der Waals surface area contributed by atoms with Crippen molar-refractivity contribution in [1.82, 2.24) is 4.90 Å². The van der Waals surface area contributed by atoms with Crippen LogP contribution < -0.4 is 0 Å². The normalized spacial score (nSPS) is 32.1. The molecule has 1 N–H and O–H groups in total. The molecule has 0 spiro atoms. The first-order valence-electron chi connectivity index (χ1n) is 7.83. The van der Waals surface area contributed by atoms with Crippen LogP contribution in [0.4, 0.5) is 0 Å². The number of nitrogens with zero attached hydrogens (tertiary/aromatic N) is 1. The van der Waals surface area contributed by atoms with E-state index < -0.39 is 24.2 Å². The Balaban J connectivity index is 1.76. The van der Waals surface area contributed by atoms with Crippen LogP contribution in [-0.2, 0) is 25.6 Å². The molecule has 4 atom stereocenters. The van der Waals surface area contributed by atoms with E-state index in [4.69, 9.17) is 14.2 Å². The van der Waals surface area contributed by atoms with Crippen LogP contribution in [0, 0.1) is 0 Å². The number of ether oxygens (including phenoxy) is 3. The molecular formula is C17H23NO5. The molecule has 6 nitrogen and oxygen atoms in total. The highest BCUT2D eigenvalue weighted by Crippen LogP contribution is 2.41. The Morgan fingerprint density at radius 1 is 1.35 bits per heavy atom. The molecule has 2 saturated heterocycles. The van der Waals surface area contributed by atoms with E-state index in [1.807, 2.05) is 44.2 Å². The van der Waals surface area contributed by atoms with E-state index in [2.05, 4.69) is 0 Å². The predicted octanol–water partition coefficient (Wildman–Crippen LogP) is 1.27. The maximum Gasteiger partial charge on any atom is 0.222 e. The number of hydrogen-bond donors (Lipinski definition) is 1. The molecular weight excluding hydrogens is 298 g/mol. The fourth-order valence-electron chi connectivity index (χ4n) is 3.52. The van der Waals surface area contributed by atoms with Crippen molar-refractivity contribution >= 4 is 5.91 Å². The Morgan fingerprint density at radius 2 is 2.04 bits per heavy atom. The van der Waals surface area contributed by atoms with Crippen LogP contribution >= 0.6 is 0 Å². The van der Waals surface area contributed by atoms with E-state index in [9.17, 15) is 9.90 Å². The highest BCUT2D eigenvalue weighted by molar-refractivity contribution is 5.75. The van der Waals surface area contributed by atoms with E-state index in [0.29, 0.717) is 6.61 Å². The van der Waals surface area contributed by atoms with E-state index in [-0.39, 0.29) is 18.6 Å². The molecule has 0 radical (unpaired) electrons. The zero-order chi connectivity index (χ0) is 16.6. The summed E-state index contributed by atoms with van der Waals surface area (Å²) in [4.78, 5) is 13.7. The average Bonchev–Trinajstić information content (AvgIpc) is 2.97. The molecule has 1 aromatic rings. The fraction of sp³-hybridized carbons (Fsp3) is 0.588. The summed E-state index contributed by atoms with van der Waals surface area (Å²) < 4.78 is 17.7. The molecule has 0 saturated carbocycles. The summed E-state index contributed by atoms with van der Waals surface area (Å²) in [6, 6.07) is 9.43. The highest BCUT2D eigenvalue weighted by atomic mass is 16.7. The summed E-state index contributed by atoms with van der Waals surface area (Å²) in [6.07, 6.45) is -1.53. The van der Waals surface area contributed by atoms with Gasteiger partial charge < -0.3 is 24.2 Å². The Labute approximate surface area is 135 Å². The lowest BCUT2D eigenvalue weighted by molar-refractivity contribution is -0.215. The van der Waals surface area contributed by atoms with Gasteiger partial charge in [-0.05, 0) is 19.4 Å². The molecule has 1 aromatic carbocycles. The van der Waals surface area contributed by atoms with Crippen LogP contribution in [0.2, 0.25) is 0 Å². The van der Waals surface area contributed by atoms with Crippen molar-refractivity contribution in [2.24, 2.45) is 0 Å². The molecule has 6 heteroatoms. The Morgan fingerprint density at radius 3 is 2.65 bits per heavy atom. The maximum absolute atomic E-state index is 12.0. The van der Waals surface area contributed by atoms with Gasteiger partial charge in [0, 0.05) is 6.92 Å². The van der Waals surface area contributed by atoms with E-state index in [1.165, 1.54) is 6.92 Å². The lowest BCUT2D eigenvalue weighted by Crippen LogP contribution is -2.51. The molecule has 2 aliphatic heterocycles. The average molecular weight is 321 g/mol. The molecule has 2 heterocycles. The lowest BCUT2D eigenvalue weighted by Gasteiger charge is -2.34. The minimum atomic E-state index is -0.743. The van der Waals surface area contributed by atoms with Crippen LogP contribution in [0.15, 0.2) is 30.3 Å². The number of rotatable bonds is 4. The maximum atomic E-state index is 12.0. The van der Waals surface area contributed by atoms with E-state index in [0.717, 1.165) is 5.56 Å². The van der Waals surface area contributed by atoms with Gasteiger partial charge in [-0.15, -0.1) is 0 Å². The minimum Gasteiger partial charge on any atom is -0.394 e.